The maximum absolute atomic E-state index is 14.1. The molecule has 2 heterocycles. The standard InChI is InChI=1S/C30H22BrClN2O4S/c1-18-8-11-22(12-9-18)39(37,38)34-27-13-10-21(32)17-25(27)26-16-20(31)15-19(28(26)34)5-4-14-33-29(35)23-6-2-3-7-24(23)30(33)36/h2-3,6-13,15-17H,4-5,14H2,1H3. The van der Waals surface area contributed by atoms with Crippen LogP contribution >= 0.6 is 27.5 Å². The van der Waals surface area contributed by atoms with Gasteiger partial charge in [0.15, 0.2) is 0 Å². The molecule has 6 nitrogen and oxygen atoms in total. The van der Waals surface area contributed by atoms with Gasteiger partial charge in [0, 0.05) is 26.8 Å². The van der Waals surface area contributed by atoms with Crippen molar-refractivity contribution in [2.75, 3.05) is 6.54 Å². The van der Waals surface area contributed by atoms with E-state index in [1.165, 1.54) is 8.87 Å². The van der Waals surface area contributed by atoms with Crippen LogP contribution < -0.4 is 0 Å². The van der Waals surface area contributed by atoms with Crippen LogP contribution in [0.4, 0.5) is 0 Å². The zero-order valence-electron chi connectivity index (χ0n) is 20.8. The Hall–Kier alpha value is -3.46. The van der Waals surface area contributed by atoms with Gasteiger partial charge in [0.05, 0.1) is 27.1 Å². The molecule has 4 aromatic carbocycles. The SMILES string of the molecule is Cc1ccc(S(=O)(=O)n2c3ccc(Cl)cc3c3cc(Br)cc(CCCN4C(=O)c5ccccc5C4=O)c32)cc1. The van der Waals surface area contributed by atoms with E-state index in [1.54, 1.807) is 66.7 Å². The van der Waals surface area contributed by atoms with Gasteiger partial charge in [-0.3, -0.25) is 14.5 Å². The highest BCUT2D eigenvalue weighted by molar-refractivity contribution is 9.10. The molecule has 1 aliphatic rings. The first-order chi connectivity index (χ1) is 18.7. The van der Waals surface area contributed by atoms with Crippen LogP contribution in [-0.2, 0) is 16.4 Å². The second-order valence-electron chi connectivity index (χ2n) is 9.62. The van der Waals surface area contributed by atoms with Crippen LogP contribution in [0, 0.1) is 6.92 Å². The summed E-state index contributed by atoms with van der Waals surface area (Å²) in [6.45, 7) is 2.12. The van der Waals surface area contributed by atoms with E-state index < -0.39 is 10.0 Å². The second kappa shape index (κ2) is 9.62. The van der Waals surface area contributed by atoms with Crippen LogP contribution in [0.1, 0.15) is 38.3 Å². The Bertz CT molecular complexity index is 1900. The van der Waals surface area contributed by atoms with Crippen LogP contribution in [0.2, 0.25) is 5.02 Å². The fraction of sp³-hybridized carbons (Fsp3) is 0.133. The van der Waals surface area contributed by atoms with Crippen molar-refractivity contribution >= 4 is 71.2 Å². The molecule has 39 heavy (non-hydrogen) atoms. The van der Waals surface area contributed by atoms with Crippen molar-refractivity contribution < 1.29 is 18.0 Å². The van der Waals surface area contributed by atoms with Crippen LogP contribution in [0.5, 0.6) is 0 Å². The molecule has 196 valence electrons. The summed E-state index contributed by atoms with van der Waals surface area (Å²) in [5.74, 6) is -0.610. The van der Waals surface area contributed by atoms with Crippen molar-refractivity contribution in [3.8, 4) is 0 Å². The summed E-state index contributed by atoms with van der Waals surface area (Å²) < 4.78 is 30.3. The quantitative estimate of drug-likeness (QED) is 0.192. The Morgan fingerprint density at radius 3 is 2.18 bits per heavy atom. The summed E-state index contributed by atoms with van der Waals surface area (Å²) >= 11 is 9.93. The fourth-order valence-electron chi connectivity index (χ4n) is 5.25. The third kappa shape index (κ3) is 4.27. The highest BCUT2D eigenvalue weighted by Crippen LogP contribution is 2.38. The van der Waals surface area contributed by atoms with Crippen molar-refractivity contribution in [3.63, 3.8) is 0 Å². The number of benzene rings is 4. The lowest BCUT2D eigenvalue weighted by molar-refractivity contribution is 0.0652. The number of carbonyl (C=O) groups excluding carboxylic acids is 2. The molecule has 0 unspecified atom stereocenters. The molecule has 1 aliphatic heterocycles. The molecule has 0 saturated carbocycles. The Morgan fingerprint density at radius 1 is 0.846 bits per heavy atom. The average molecular weight is 622 g/mol. The molecule has 9 heteroatoms. The minimum absolute atomic E-state index is 0.182. The minimum Gasteiger partial charge on any atom is -0.274 e. The summed E-state index contributed by atoms with van der Waals surface area (Å²) in [4.78, 5) is 27.1. The molecule has 0 fully saturated rings. The molecule has 0 aliphatic carbocycles. The number of imide groups is 1. The van der Waals surface area contributed by atoms with E-state index in [0.29, 0.717) is 40.0 Å². The number of amides is 2. The highest BCUT2D eigenvalue weighted by atomic mass is 79.9. The van der Waals surface area contributed by atoms with Gasteiger partial charge in [0.1, 0.15) is 0 Å². The number of fused-ring (bicyclic) bond motifs is 4. The van der Waals surface area contributed by atoms with Gasteiger partial charge in [-0.1, -0.05) is 57.4 Å². The van der Waals surface area contributed by atoms with Crippen LogP contribution in [0.25, 0.3) is 21.8 Å². The smallest absolute Gasteiger partial charge is 0.268 e. The van der Waals surface area contributed by atoms with E-state index in [2.05, 4.69) is 15.9 Å². The first-order valence-electron chi connectivity index (χ1n) is 12.4. The molecule has 0 N–H and O–H groups in total. The summed E-state index contributed by atoms with van der Waals surface area (Å²) in [6, 6.07) is 22.5. The minimum atomic E-state index is -3.97. The Labute approximate surface area is 239 Å². The Kier molecular flexibility index (Phi) is 6.37. The van der Waals surface area contributed by atoms with Gasteiger partial charge >= 0.3 is 0 Å². The molecular weight excluding hydrogens is 600 g/mol. The predicted molar refractivity (Wildman–Crippen MR) is 156 cm³/mol. The largest absolute Gasteiger partial charge is 0.274 e. The molecule has 0 radical (unpaired) electrons. The maximum Gasteiger partial charge on any atom is 0.268 e. The maximum atomic E-state index is 14.1. The van der Waals surface area contributed by atoms with Crippen molar-refractivity contribution in [1.29, 1.82) is 0 Å². The predicted octanol–water partition coefficient (Wildman–Crippen LogP) is 6.98. The first-order valence-corrected chi connectivity index (χ1v) is 15.0. The number of hydrogen-bond acceptors (Lipinski definition) is 4. The van der Waals surface area contributed by atoms with Gasteiger partial charge in [0.2, 0.25) is 0 Å². The van der Waals surface area contributed by atoms with Crippen molar-refractivity contribution in [2.45, 2.75) is 24.7 Å². The number of hydrogen-bond donors (Lipinski definition) is 0. The topological polar surface area (TPSA) is 76.5 Å². The van der Waals surface area contributed by atoms with E-state index in [-0.39, 0.29) is 23.3 Å². The lowest BCUT2D eigenvalue weighted by Gasteiger charge is -2.15. The lowest BCUT2D eigenvalue weighted by atomic mass is 10.0. The van der Waals surface area contributed by atoms with E-state index in [1.807, 2.05) is 19.1 Å². The zero-order chi connectivity index (χ0) is 27.5. The molecule has 0 bridgehead atoms. The van der Waals surface area contributed by atoms with Gasteiger partial charge < -0.3 is 0 Å². The lowest BCUT2D eigenvalue weighted by Crippen LogP contribution is -2.31. The third-order valence-corrected chi connectivity index (χ3v) is 9.51. The van der Waals surface area contributed by atoms with E-state index >= 15 is 0 Å². The van der Waals surface area contributed by atoms with Crippen molar-refractivity contribution in [3.05, 3.63) is 111 Å². The van der Waals surface area contributed by atoms with Crippen LogP contribution in [0.3, 0.4) is 0 Å². The van der Waals surface area contributed by atoms with Gasteiger partial charge in [0.25, 0.3) is 21.8 Å². The van der Waals surface area contributed by atoms with E-state index in [4.69, 9.17) is 11.6 Å². The number of halogens is 2. The van der Waals surface area contributed by atoms with Gasteiger partial charge in [-0.05, 0) is 79.9 Å². The monoisotopic (exact) mass is 620 g/mol. The summed E-state index contributed by atoms with van der Waals surface area (Å²) in [6.07, 6.45) is 0.903. The first kappa shape index (κ1) is 25.8. The number of rotatable bonds is 6. The molecule has 0 spiro atoms. The molecular formula is C30H22BrClN2O4S. The number of carbonyl (C=O) groups is 2. The molecule has 0 saturated heterocycles. The Morgan fingerprint density at radius 2 is 1.51 bits per heavy atom. The summed E-state index contributed by atoms with van der Waals surface area (Å²) in [7, 11) is -3.97. The van der Waals surface area contributed by atoms with Crippen molar-refractivity contribution in [2.24, 2.45) is 0 Å². The zero-order valence-corrected chi connectivity index (χ0v) is 24.0. The number of nitrogens with zero attached hydrogens (tertiary/aromatic N) is 2. The van der Waals surface area contributed by atoms with Crippen LogP contribution in [-0.4, -0.2) is 35.6 Å². The van der Waals surface area contributed by atoms with E-state index in [9.17, 15) is 18.0 Å². The molecule has 0 atom stereocenters. The highest BCUT2D eigenvalue weighted by Gasteiger charge is 2.34. The normalized spacial score (nSPS) is 13.6. The summed E-state index contributed by atoms with van der Waals surface area (Å²) in [5.41, 5.74) is 3.63. The number of aryl methyl sites for hydroxylation is 2. The van der Waals surface area contributed by atoms with Gasteiger partial charge in [-0.15, -0.1) is 0 Å². The third-order valence-electron chi connectivity index (χ3n) is 7.09. The van der Waals surface area contributed by atoms with Gasteiger partial charge in [-0.25, -0.2) is 12.4 Å². The second-order valence-corrected chi connectivity index (χ2v) is 12.8. The molecule has 5 aromatic rings. The molecule has 2 amide bonds. The fourth-order valence-corrected chi connectivity index (χ4v) is 7.49. The summed E-state index contributed by atoms with van der Waals surface area (Å²) in [5, 5.41) is 1.96. The van der Waals surface area contributed by atoms with Gasteiger partial charge in [-0.2, -0.15) is 0 Å². The molecule has 6 rings (SSSR count). The van der Waals surface area contributed by atoms with Crippen LogP contribution in [0.15, 0.2) is 88.2 Å². The van der Waals surface area contributed by atoms with E-state index in [0.717, 1.165) is 26.4 Å². The van der Waals surface area contributed by atoms with Crippen molar-refractivity contribution in [1.82, 2.24) is 8.87 Å². The Balaban J connectivity index is 1.45. The number of aromatic nitrogens is 1. The average Bonchev–Trinajstić information content (AvgIpc) is 3.36. The molecule has 1 aromatic heterocycles.